The van der Waals surface area contributed by atoms with E-state index in [1.165, 1.54) is 0 Å². The van der Waals surface area contributed by atoms with Crippen molar-refractivity contribution in [3.8, 4) is 17.4 Å². The highest BCUT2D eigenvalue weighted by atomic mass is 16.5. The van der Waals surface area contributed by atoms with Gasteiger partial charge in [-0.3, -0.25) is 0 Å². The van der Waals surface area contributed by atoms with Crippen LogP contribution in [0.5, 0.6) is 17.4 Å². The van der Waals surface area contributed by atoms with Crippen LogP contribution in [0.4, 0.5) is 9.59 Å². The van der Waals surface area contributed by atoms with E-state index in [0.29, 0.717) is 34.4 Å². The molecular weight excluding hydrogens is 426 g/mol. The topological polar surface area (TPSA) is 130 Å². The zero-order valence-corrected chi connectivity index (χ0v) is 18.6. The number of hydrazine groups is 1. The molecule has 11 heteroatoms. The number of carbonyl (C=O) groups excluding carboxylic acids is 2. The first-order chi connectivity index (χ1) is 15.9. The van der Waals surface area contributed by atoms with E-state index in [0.717, 1.165) is 17.0 Å². The molecule has 0 radical (unpaired) electrons. The lowest BCUT2D eigenvalue weighted by Crippen LogP contribution is -2.56. The fourth-order valence-corrected chi connectivity index (χ4v) is 2.83. The molecule has 0 atom stereocenters. The second-order valence-corrected chi connectivity index (χ2v) is 7.07. The zero-order valence-electron chi connectivity index (χ0n) is 18.6. The Morgan fingerprint density at radius 3 is 2.85 bits per heavy atom. The quantitative estimate of drug-likeness (QED) is 0.323. The molecule has 3 N–H and O–H groups in total. The first-order valence-corrected chi connectivity index (χ1v) is 10.0. The second kappa shape index (κ2) is 10.8. The number of ether oxygens (including phenoxy) is 2. The van der Waals surface area contributed by atoms with Gasteiger partial charge in [0, 0.05) is 17.8 Å². The SMILES string of the molecule is C=CCc1ccc(Oc2ccc(/C(C)=N/NC(=O)NN3CC(C)=NNC3=O)cn2)c(OC)c1. The molecule has 0 aliphatic carbocycles. The Morgan fingerprint density at radius 1 is 1.33 bits per heavy atom. The van der Waals surface area contributed by atoms with Crippen LogP contribution in [-0.2, 0) is 6.42 Å². The lowest BCUT2D eigenvalue weighted by atomic mass is 10.1. The highest BCUT2D eigenvalue weighted by molar-refractivity contribution is 5.99. The molecule has 2 aromatic rings. The number of methoxy groups -OCH3 is 1. The van der Waals surface area contributed by atoms with Crippen LogP contribution < -0.4 is 25.8 Å². The Labute approximate surface area is 191 Å². The van der Waals surface area contributed by atoms with Crippen molar-refractivity contribution in [2.75, 3.05) is 13.7 Å². The number of carbonyl (C=O) groups is 2. The first kappa shape index (κ1) is 23.3. The van der Waals surface area contributed by atoms with Crippen LogP contribution in [0.25, 0.3) is 0 Å². The van der Waals surface area contributed by atoms with Gasteiger partial charge in [-0.2, -0.15) is 10.2 Å². The predicted octanol–water partition coefficient (Wildman–Crippen LogP) is 2.95. The van der Waals surface area contributed by atoms with Gasteiger partial charge in [0.25, 0.3) is 0 Å². The minimum atomic E-state index is -0.667. The molecule has 2 heterocycles. The lowest BCUT2D eigenvalue weighted by Gasteiger charge is -2.25. The molecule has 33 heavy (non-hydrogen) atoms. The zero-order chi connectivity index (χ0) is 23.8. The molecule has 1 aliphatic rings. The standard InChI is InChI=1S/C22H25N7O4/c1-5-6-16-7-9-18(19(11-16)32-4)33-20-10-8-17(12-23-20)15(3)25-26-21(30)28-29-13-14(2)24-27-22(29)31/h5,7-12H,1,6,13H2,2-4H3,(H,27,31)(H2,26,28,30)/b25-15+. The number of pyridine rings is 1. The first-order valence-electron chi connectivity index (χ1n) is 10.0. The van der Waals surface area contributed by atoms with Gasteiger partial charge in [-0.15, -0.1) is 6.58 Å². The van der Waals surface area contributed by atoms with Crippen LogP contribution in [0.3, 0.4) is 0 Å². The van der Waals surface area contributed by atoms with Crippen LogP contribution >= 0.6 is 0 Å². The predicted molar refractivity (Wildman–Crippen MR) is 123 cm³/mol. The van der Waals surface area contributed by atoms with Crippen molar-refractivity contribution in [3.05, 3.63) is 60.3 Å². The van der Waals surface area contributed by atoms with Crippen molar-refractivity contribution < 1.29 is 19.1 Å². The largest absolute Gasteiger partial charge is 0.493 e. The van der Waals surface area contributed by atoms with Gasteiger partial charge in [-0.25, -0.2) is 35.9 Å². The Hall–Kier alpha value is -4.41. The summed E-state index contributed by atoms with van der Waals surface area (Å²) >= 11 is 0. The number of amides is 4. The van der Waals surface area contributed by atoms with Gasteiger partial charge in [0.15, 0.2) is 11.5 Å². The normalized spacial score (nSPS) is 13.5. The average Bonchev–Trinajstić information content (AvgIpc) is 2.81. The van der Waals surface area contributed by atoms with Crippen molar-refractivity contribution in [2.45, 2.75) is 20.3 Å². The molecule has 0 saturated carbocycles. The number of nitrogens with zero attached hydrogens (tertiary/aromatic N) is 4. The highest BCUT2D eigenvalue weighted by Crippen LogP contribution is 2.31. The number of hydrogen-bond donors (Lipinski definition) is 3. The van der Waals surface area contributed by atoms with E-state index in [-0.39, 0.29) is 6.54 Å². The molecule has 0 fully saturated rings. The molecule has 1 aromatic carbocycles. The maximum atomic E-state index is 12.0. The summed E-state index contributed by atoms with van der Waals surface area (Å²) in [5, 5.41) is 8.91. The number of nitrogens with one attached hydrogen (secondary N) is 3. The molecule has 11 nitrogen and oxygen atoms in total. The van der Waals surface area contributed by atoms with Gasteiger partial charge in [0.2, 0.25) is 5.88 Å². The molecule has 4 amide bonds. The van der Waals surface area contributed by atoms with Gasteiger partial charge in [0.05, 0.1) is 25.1 Å². The number of urea groups is 2. The van der Waals surface area contributed by atoms with Gasteiger partial charge in [-0.1, -0.05) is 12.1 Å². The van der Waals surface area contributed by atoms with Gasteiger partial charge in [0.1, 0.15) is 0 Å². The molecule has 1 aromatic heterocycles. The van der Waals surface area contributed by atoms with Crippen LogP contribution in [0.2, 0.25) is 0 Å². The Balaban J connectivity index is 1.59. The smallest absolute Gasteiger partial charge is 0.356 e. The summed E-state index contributed by atoms with van der Waals surface area (Å²) in [6.07, 6.45) is 4.12. The minimum Gasteiger partial charge on any atom is -0.493 e. The minimum absolute atomic E-state index is 0.176. The summed E-state index contributed by atoms with van der Waals surface area (Å²) in [4.78, 5) is 28.0. The summed E-state index contributed by atoms with van der Waals surface area (Å²) in [5.41, 5.74) is 9.91. The van der Waals surface area contributed by atoms with E-state index in [1.54, 1.807) is 39.3 Å². The molecule has 0 unspecified atom stereocenters. The van der Waals surface area contributed by atoms with Crippen molar-refractivity contribution in [3.63, 3.8) is 0 Å². The maximum absolute atomic E-state index is 12.0. The van der Waals surface area contributed by atoms with Crippen molar-refractivity contribution in [1.82, 2.24) is 26.3 Å². The Kier molecular flexibility index (Phi) is 7.58. The number of rotatable bonds is 8. The number of hydrogen-bond acceptors (Lipinski definition) is 7. The van der Waals surface area contributed by atoms with Crippen molar-refractivity contribution in [1.29, 1.82) is 0 Å². The molecule has 172 valence electrons. The third-order valence-corrected chi connectivity index (χ3v) is 4.51. The van der Waals surface area contributed by atoms with E-state index < -0.39 is 12.1 Å². The number of aromatic nitrogens is 1. The second-order valence-electron chi connectivity index (χ2n) is 7.07. The van der Waals surface area contributed by atoms with Crippen LogP contribution in [0.1, 0.15) is 25.0 Å². The van der Waals surface area contributed by atoms with Crippen LogP contribution in [0, 0.1) is 0 Å². The monoisotopic (exact) mass is 451 g/mol. The van der Waals surface area contributed by atoms with Gasteiger partial charge in [-0.05, 0) is 44.0 Å². The highest BCUT2D eigenvalue weighted by Gasteiger charge is 2.20. The molecule has 1 aliphatic heterocycles. The molecule has 0 bridgehead atoms. The van der Waals surface area contributed by atoms with E-state index >= 15 is 0 Å². The third-order valence-electron chi connectivity index (χ3n) is 4.51. The Bertz CT molecular complexity index is 1100. The van der Waals surface area contributed by atoms with Crippen LogP contribution in [-0.4, -0.2) is 47.1 Å². The summed E-state index contributed by atoms with van der Waals surface area (Å²) in [5.74, 6) is 1.51. The third kappa shape index (κ3) is 6.29. The summed E-state index contributed by atoms with van der Waals surface area (Å²) < 4.78 is 11.2. The Morgan fingerprint density at radius 2 is 2.15 bits per heavy atom. The number of hydrazone groups is 2. The average molecular weight is 451 g/mol. The van der Waals surface area contributed by atoms with E-state index in [9.17, 15) is 9.59 Å². The van der Waals surface area contributed by atoms with Crippen molar-refractivity contribution >= 4 is 23.5 Å². The maximum Gasteiger partial charge on any atom is 0.356 e. The molecule has 0 spiro atoms. The van der Waals surface area contributed by atoms with Gasteiger partial charge >= 0.3 is 12.1 Å². The molecule has 3 rings (SSSR count). The fraction of sp³-hybridized carbons (Fsp3) is 0.227. The van der Waals surface area contributed by atoms with E-state index in [1.807, 2.05) is 24.3 Å². The number of benzene rings is 1. The van der Waals surface area contributed by atoms with Gasteiger partial charge < -0.3 is 9.47 Å². The summed E-state index contributed by atoms with van der Waals surface area (Å²) in [7, 11) is 1.58. The van der Waals surface area contributed by atoms with Crippen LogP contribution in [0.15, 0.2) is 59.4 Å². The van der Waals surface area contributed by atoms with E-state index in [4.69, 9.17) is 9.47 Å². The number of allylic oxidation sites excluding steroid dienone is 1. The fourth-order valence-electron chi connectivity index (χ4n) is 2.83. The van der Waals surface area contributed by atoms with Crippen molar-refractivity contribution in [2.24, 2.45) is 10.2 Å². The van der Waals surface area contributed by atoms with E-state index in [2.05, 4.69) is 38.0 Å². The lowest BCUT2D eigenvalue weighted by molar-refractivity contribution is 0.173. The summed E-state index contributed by atoms with van der Waals surface area (Å²) in [6, 6.07) is 7.88. The molecular formula is C22H25N7O4. The molecule has 0 saturated heterocycles. The summed E-state index contributed by atoms with van der Waals surface area (Å²) in [6.45, 7) is 7.35.